The fourth-order valence-corrected chi connectivity index (χ4v) is 2.16. The summed E-state index contributed by atoms with van der Waals surface area (Å²) in [4.78, 5) is 10.4. The second kappa shape index (κ2) is 6.91. The SMILES string of the molecule is O=C(O)CCCCOc1ccc(CO)c2ccccc12. The molecule has 0 heterocycles. The predicted octanol–water partition coefficient (Wildman–Crippen LogP) is 2.97. The lowest BCUT2D eigenvalue weighted by Crippen LogP contribution is -2.01. The molecule has 0 amide bonds. The van der Waals surface area contributed by atoms with Gasteiger partial charge in [-0.3, -0.25) is 4.79 Å². The van der Waals surface area contributed by atoms with E-state index in [0.717, 1.165) is 22.1 Å². The maximum Gasteiger partial charge on any atom is 0.303 e. The topological polar surface area (TPSA) is 66.8 Å². The number of hydrogen-bond acceptors (Lipinski definition) is 3. The number of aliphatic hydroxyl groups is 1. The number of carbonyl (C=O) groups is 1. The first kappa shape index (κ1) is 14.3. The molecule has 0 bridgehead atoms. The first-order valence-corrected chi connectivity index (χ1v) is 6.68. The summed E-state index contributed by atoms with van der Waals surface area (Å²) >= 11 is 0. The lowest BCUT2D eigenvalue weighted by atomic mass is 10.0. The number of aliphatic hydroxyl groups excluding tert-OH is 1. The van der Waals surface area contributed by atoms with Crippen molar-refractivity contribution in [3.63, 3.8) is 0 Å². The fourth-order valence-electron chi connectivity index (χ4n) is 2.16. The van der Waals surface area contributed by atoms with Crippen molar-refractivity contribution < 1.29 is 19.7 Å². The van der Waals surface area contributed by atoms with Gasteiger partial charge in [0.15, 0.2) is 0 Å². The lowest BCUT2D eigenvalue weighted by molar-refractivity contribution is -0.137. The standard InChI is InChI=1S/C16H18O4/c17-11-12-8-9-15(14-6-2-1-5-13(12)14)20-10-4-3-7-16(18)19/h1-2,5-6,8-9,17H,3-4,7,10-11H2,(H,18,19). The molecule has 0 spiro atoms. The third-order valence-electron chi connectivity index (χ3n) is 3.19. The number of fused-ring (bicyclic) bond motifs is 1. The number of aliphatic carboxylic acids is 1. The van der Waals surface area contributed by atoms with Gasteiger partial charge in [-0.1, -0.05) is 30.3 Å². The van der Waals surface area contributed by atoms with Crippen LogP contribution in [0.3, 0.4) is 0 Å². The molecule has 0 radical (unpaired) electrons. The van der Waals surface area contributed by atoms with E-state index in [-0.39, 0.29) is 13.0 Å². The van der Waals surface area contributed by atoms with E-state index in [1.165, 1.54) is 0 Å². The molecular formula is C16H18O4. The van der Waals surface area contributed by atoms with E-state index in [9.17, 15) is 9.90 Å². The first-order chi connectivity index (χ1) is 9.72. The number of rotatable bonds is 7. The molecule has 0 atom stereocenters. The average molecular weight is 274 g/mol. The van der Waals surface area contributed by atoms with Gasteiger partial charge in [-0.15, -0.1) is 0 Å². The Hall–Kier alpha value is -2.07. The van der Waals surface area contributed by atoms with Crippen LogP contribution in [-0.4, -0.2) is 22.8 Å². The molecule has 4 nitrogen and oxygen atoms in total. The fraction of sp³-hybridized carbons (Fsp3) is 0.312. The lowest BCUT2D eigenvalue weighted by Gasteiger charge is -2.11. The molecule has 4 heteroatoms. The summed E-state index contributed by atoms with van der Waals surface area (Å²) in [6.07, 6.45) is 1.50. The van der Waals surface area contributed by atoms with Gasteiger partial charge in [0.25, 0.3) is 0 Å². The van der Waals surface area contributed by atoms with Crippen molar-refractivity contribution in [1.29, 1.82) is 0 Å². The van der Waals surface area contributed by atoms with Crippen molar-refractivity contribution in [3.05, 3.63) is 42.0 Å². The van der Waals surface area contributed by atoms with Crippen LogP contribution in [0.4, 0.5) is 0 Å². The molecule has 0 aromatic heterocycles. The summed E-state index contributed by atoms with van der Waals surface area (Å²) in [5.74, 6) is -0.00382. The maximum absolute atomic E-state index is 10.4. The Morgan fingerprint density at radius 1 is 1.05 bits per heavy atom. The van der Waals surface area contributed by atoms with Gasteiger partial charge in [0.2, 0.25) is 0 Å². The van der Waals surface area contributed by atoms with E-state index in [2.05, 4.69) is 0 Å². The van der Waals surface area contributed by atoms with Crippen LogP contribution >= 0.6 is 0 Å². The molecule has 0 aliphatic carbocycles. The molecule has 2 N–H and O–H groups in total. The molecule has 106 valence electrons. The molecule has 0 unspecified atom stereocenters. The molecule has 0 aliphatic heterocycles. The van der Waals surface area contributed by atoms with Gasteiger partial charge in [-0.2, -0.15) is 0 Å². The van der Waals surface area contributed by atoms with E-state index < -0.39 is 5.97 Å². The number of ether oxygens (including phenoxy) is 1. The van der Waals surface area contributed by atoms with Gasteiger partial charge in [-0.05, 0) is 29.9 Å². The third kappa shape index (κ3) is 3.48. The van der Waals surface area contributed by atoms with Crippen LogP contribution in [0.15, 0.2) is 36.4 Å². The summed E-state index contributed by atoms with van der Waals surface area (Å²) in [5.41, 5.74) is 0.874. The van der Waals surface area contributed by atoms with Crippen LogP contribution in [0.1, 0.15) is 24.8 Å². The van der Waals surface area contributed by atoms with Crippen molar-refractivity contribution in [2.75, 3.05) is 6.61 Å². The van der Waals surface area contributed by atoms with Crippen molar-refractivity contribution in [2.24, 2.45) is 0 Å². The molecular weight excluding hydrogens is 256 g/mol. The molecule has 2 aromatic rings. The smallest absolute Gasteiger partial charge is 0.303 e. The van der Waals surface area contributed by atoms with Crippen LogP contribution < -0.4 is 4.74 Å². The minimum atomic E-state index is -0.775. The largest absolute Gasteiger partial charge is 0.493 e. The van der Waals surface area contributed by atoms with E-state index in [0.29, 0.717) is 19.4 Å². The minimum Gasteiger partial charge on any atom is -0.493 e. The number of hydrogen-bond donors (Lipinski definition) is 2. The molecule has 20 heavy (non-hydrogen) atoms. The Kier molecular flexibility index (Phi) is 4.96. The van der Waals surface area contributed by atoms with E-state index in [4.69, 9.17) is 9.84 Å². The molecule has 2 rings (SSSR count). The highest BCUT2D eigenvalue weighted by Crippen LogP contribution is 2.28. The number of benzene rings is 2. The Morgan fingerprint density at radius 2 is 1.80 bits per heavy atom. The van der Waals surface area contributed by atoms with Crippen molar-refractivity contribution in [1.82, 2.24) is 0 Å². The van der Waals surface area contributed by atoms with Crippen LogP contribution in [0.25, 0.3) is 10.8 Å². The van der Waals surface area contributed by atoms with Gasteiger partial charge >= 0.3 is 5.97 Å². The summed E-state index contributed by atoms with van der Waals surface area (Å²) in [6.45, 7) is 0.495. The molecule has 0 aliphatic rings. The Labute approximate surface area is 117 Å². The Balaban J connectivity index is 2.05. The van der Waals surface area contributed by atoms with Crippen molar-refractivity contribution in [3.8, 4) is 5.75 Å². The zero-order valence-corrected chi connectivity index (χ0v) is 11.2. The monoisotopic (exact) mass is 274 g/mol. The minimum absolute atomic E-state index is 0.000590. The maximum atomic E-state index is 10.4. The normalized spacial score (nSPS) is 10.7. The molecule has 0 saturated heterocycles. The van der Waals surface area contributed by atoms with Gasteiger partial charge in [0.1, 0.15) is 5.75 Å². The van der Waals surface area contributed by atoms with Gasteiger partial charge in [0, 0.05) is 11.8 Å². The van der Waals surface area contributed by atoms with Crippen molar-refractivity contribution >= 4 is 16.7 Å². The van der Waals surface area contributed by atoms with Gasteiger partial charge < -0.3 is 14.9 Å². The van der Waals surface area contributed by atoms with E-state index >= 15 is 0 Å². The van der Waals surface area contributed by atoms with E-state index in [1.54, 1.807) is 0 Å². The zero-order valence-electron chi connectivity index (χ0n) is 11.2. The van der Waals surface area contributed by atoms with Crippen molar-refractivity contribution in [2.45, 2.75) is 25.9 Å². The Bertz CT molecular complexity index is 592. The summed E-state index contributed by atoms with van der Waals surface area (Å²) < 4.78 is 5.73. The quantitative estimate of drug-likeness (QED) is 0.762. The zero-order chi connectivity index (χ0) is 14.4. The highest BCUT2D eigenvalue weighted by molar-refractivity contribution is 5.91. The second-order valence-electron chi connectivity index (χ2n) is 4.63. The third-order valence-corrected chi connectivity index (χ3v) is 3.19. The number of unbranched alkanes of at least 4 members (excludes halogenated alkanes) is 1. The van der Waals surface area contributed by atoms with Crippen LogP contribution in [0.2, 0.25) is 0 Å². The highest BCUT2D eigenvalue weighted by Gasteiger charge is 2.06. The predicted molar refractivity (Wildman–Crippen MR) is 76.9 cm³/mol. The molecule has 0 saturated carbocycles. The number of carboxylic acid groups (broad SMARTS) is 1. The summed E-state index contributed by atoms with van der Waals surface area (Å²) in [7, 11) is 0. The first-order valence-electron chi connectivity index (χ1n) is 6.68. The van der Waals surface area contributed by atoms with Crippen LogP contribution in [0, 0.1) is 0 Å². The Morgan fingerprint density at radius 3 is 2.50 bits per heavy atom. The van der Waals surface area contributed by atoms with Crippen LogP contribution in [-0.2, 0) is 11.4 Å². The summed E-state index contributed by atoms with van der Waals surface area (Å²) in [6, 6.07) is 11.5. The second-order valence-corrected chi connectivity index (χ2v) is 4.63. The van der Waals surface area contributed by atoms with E-state index in [1.807, 2.05) is 36.4 Å². The van der Waals surface area contributed by atoms with Gasteiger partial charge in [0.05, 0.1) is 13.2 Å². The summed E-state index contributed by atoms with van der Waals surface area (Å²) in [5, 5.41) is 19.8. The number of carboxylic acids is 1. The van der Waals surface area contributed by atoms with Crippen LogP contribution in [0.5, 0.6) is 5.75 Å². The average Bonchev–Trinajstić information content (AvgIpc) is 2.46. The highest BCUT2D eigenvalue weighted by atomic mass is 16.5. The van der Waals surface area contributed by atoms with Gasteiger partial charge in [-0.25, -0.2) is 0 Å². The molecule has 0 fully saturated rings. The molecule has 2 aromatic carbocycles.